The molecule has 1 N–H and O–H groups in total. The van der Waals surface area contributed by atoms with Crippen LogP contribution >= 0.6 is 0 Å². The van der Waals surface area contributed by atoms with Gasteiger partial charge in [-0.3, -0.25) is 9.59 Å². The van der Waals surface area contributed by atoms with Gasteiger partial charge in [-0.05, 0) is 25.7 Å². The van der Waals surface area contributed by atoms with E-state index in [9.17, 15) is 9.59 Å². The quantitative estimate of drug-likeness (QED) is 0.729. The maximum atomic E-state index is 11.8. The molecule has 1 heterocycles. The molecule has 17 heavy (non-hydrogen) atoms. The Labute approximate surface area is 101 Å². The highest BCUT2D eigenvalue weighted by molar-refractivity contribution is 5.79. The molecule has 0 bridgehead atoms. The Bertz CT molecular complexity index is 363. The van der Waals surface area contributed by atoms with Crippen LogP contribution in [0.2, 0.25) is 0 Å². The van der Waals surface area contributed by atoms with Crippen molar-refractivity contribution in [2.45, 2.75) is 38.1 Å². The van der Waals surface area contributed by atoms with Gasteiger partial charge in [0.1, 0.15) is 0 Å². The number of amides is 1. The Balaban J connectivity index is 1.91. The molecule has 92 valence electrons. The number of hydrogen-bond acceptors (Lipinski definition) is 2. The van der Waals surface area contributed by atoms with Crippen molar-refractivity contribution in [1.82, 2.24) is 4.90 Å². The maximum Gasteiger partial charge on any atom is 0.306 e. The van der Waals surface area contributed by atoms with Crippen LogP contribution in [0.15, 0.2) is 0 Å². The molecule has 0 aromatic rings. The van der Waals surface area contributed by atoms with E-state index in [0.717, 1.165) is 12.8 Å². The first kappa shape index (κ1) is 12.0. The minimum atomic E-state index is -0.710. The van der Waals surface area contributed by atoms with Crippen molar-refractivity contribution in [1.29, 1.82) is 0 Å². The lowest BCUT2D eigenvalue weighted by Gasteiger charge is -2.33. The molecule has 1 aliphatic heterocycles. The number of rotatable bonds is 2. The van der Waals surface area contributed by atoms with E-state index in [2.05, 4.69) is 5.92 Å². The molecule has 0 radical (unpaired) electrons. The standard InChI is InChI=1S/C13H17NO3/c1-2-9-7-12(15)14(8-9)11-5-3-10(4-6-11)13(16)17/h1,9-11H,3-8H2,(H,16,17). The predicted octanol–water partition coefficient (Wildman–Crippen LogP) is 1.11. The van der Waals surface area contributed by atoms with Gasteiger partial charge < -0.3 is 10.0 Å². The summed E-state index contributed by atoms with van der Waals surface area (Å²) in [4.78, 5) is 24.5. The van der Waals surface area contributed by atoms with Gasteiger partial charge in [-0.1, -0.05) is 0 Å². The van der Waals surface area contributed by atoms with E-state index in [1.165, 1.54) is 0 Å². The summed E-state index contributed by atoms with van der Waals surface area (Å²) in [5.74, 6) is 1.87. The van der Waals surface area contributed by atoms with Gasteiger partial charge >= 0.3 is 5.97 Å². The number of carbonyl (C=O) groups is 2. The summed E-state index contributed by atoms with van der Waals surface area (Å²) in [6.45, 7) is 0.651. The fourth-order valence-corrected chi connectivity index (χ4v) is 2.83. The van der Waals surface area contributed by atoms with E-state index < -0.39 is 5.97 Å². The van der Waals surface area contributed by atoms with Crippen molar-refractivity contribution in [3.8, 4) is 12.3 Å². The van der Waals surface area contributed by atoms with Crippen LogP contribution in [0.3, 0.4) is 0 Å². The first-order chi connectivity index (χ1) is 8.11. The van der Waals surface area contributed by atoms with Gasteiger partial charge in [0.25, 0.3) is 0 Å². The summed E-state index contributed by atoms with van der Waals surface area (Å²) >= 11 is 0. The number of likely N-dealkylation sites (tertiary alicyclic amines) is 1. The molecule has 1 aliphatic carbocycles. The van der Waals surface area contributed by atoms with Crippen molar-refractivity contribution >= 4 is 11.9 Å². The van der Waals surface area contributed by atoms with E-state index >= 15 is 0 Å². The molecule has 1 unspecified atom stereocenters. The molecule has 4 nitrogen and oxygen atoms in total. The summed E-state index contributed by atoms with van der Waals surface area (Å²) in [6, 6.07) is 0.205. The number of terminal acetylenes is 1. The van der Waals surface area contributed by atoms with Crippen LogP contribution in [-0.4, -0.2) is 34.5 Å². The zero-order valence-corrected chi connectivity index (χ0v) is 9.76. The number of hydrogen-bond donors (Lipinski definition) is 1. The van der Waals surface area contributed by atoms with Crippen LogP contribution in [0.1, 0.15) is 32.1 Å². The third-order valence-electron chi connectivity index (χ3n) is 3.88. The number of nitrogens with zero attached hydrogens (tertiary/aromatic N) is 1. The van der Waals surface area contributed by atoms with E-state index in [1.54, 1.807) is 0 Å². The van der Waals surface area contributed by atoms with Gasteiger partial charge in [0.2, 0.25) is 5.91 Å². The molecule has 2 fully saturated rings. The SMILES string of the molecule is C#CC1CC(=O)N(C2CCC(C(=O)O)CC2)C1. The second-order valence-corrected chi connectivity index (χ2v) is 4.96. The maximum absolute atomic E-state index is 11.8. The molecule has 0 aromatic carbocycles. The molecule has 4 heteroatoms. The Morgan fingerprint density at radius 3 is 2.47 bits per heavy atom. The average molecular weight is 235 g/mol. The lowest BCUT2D eigenvalue weighted by molar-refractivity contribution is -0.143. The minimum absolute atomic E-state index is 0.0414. The first-order valence-corrected chi connectivity index (χ1v) is 6.10. The van der Waals surface area contributed by atoms with Crippen molar-refractivity contribution < 1.29 is 14.7 Å². The number of carboxylic acid groups (broad SMARTS) is 1. The highest BCUT2D eigenvalue weighted by Gasteiger charge is 2.36. The third kappa shape index (κ3) is 2.44. The molecule has 1 amide bonds. The molecule has 0 aromatic heterocycles. The molecule has 1 atom stereocenters. The number of aliphatic carboxylic acids is 1. The zero-order chi connectivity index (χ0) is 12.4. The van der Waals surface area contributed by atoms with E-state index in [0.29, 0.717) is 25.8 Å². The first-order valence-electron chi connectivity index (χ1n) is 6.10. The van der Waals surface area contributed by atoms with E-state index in [1.807, 2.05) is 4.90 Å². The Hall–Kier alpha value is -1.50. The summed E-state index contributed by atoms with van der Waals surface area (Å²) in [5, 5.41) is 8.91. The molecule has 2 aliphatic rings. The van der Waals surface area contributed by atoms with E-state index in [-0.39, 0.29) is 23.8 Å². The monoisotopic (exact) mass is 235 g/mol. The topological polar surface area (TPSA) is 57.6 Å². The molecule has 1 saturated heterocycles. The Morgan fingerprint density at radius 1 is 1.35 bits per heavy atom. The van der Waals surface area contributed by atoms with Crippen LogP contribution in [0.4, 0.5) is 0 Å². The number of carboxylic acids is 1. The predicted molar refractivity (Wildman–Crippen MR) is 62.0 cm³/mol. The van der Waals surface area contributed by atoms with Crippen molar-refractivity contribution in [3.05, 3.63) is 0 Å². The van der Waals surface area contributed by atoms with Crippen LogP contribution in [-0.2, 0) is 9.59 Å². The lowest BCUT2D eigenvalue weighted by Crippen LogP contribution is -2.40. The fourth-order valence-electron chi connectivity index (χ4n) is 2.83. The van der Waals surface area contributed by atoms with Gasteiger partial charge in [0.05, 0.1) is 5.92 Å². The van der Waals surface area contributed by atoms with Crippen LogP contribution in [0, 0.1) is 24.2 Å². The Kier molecular flexibility index (Phi) is 3.37. The van der Waals surface area contributed by atoms with Crippen LogP contribution in [0.5, 0.6) is 0 Å². The van der Waals surface area contributed by atoms with Crippen LogP contribution < -0.4 is 0 Å². The van der Waals surface area contributed by atoms with Gasteiger partial charge in [-0.2, -0.15) is 0 Å². The molecular formula is C13H17NO3. The minimum Gasteiger partial charge on any atom is -0.481 e. The third-order valence-corrected chi connectivity index (χ3v) is 3.88. The van der Waals surface area contributed by atoms with Crippen molar-refractivity contribution in [2.75, 3.05) is 6.54 Å². The highest BCUT2D eigenvalue weighted by Crippen LogP contribution is 2.31. The van der Waals surface area contributed by atoms with Crippen LogP contribution in [0.25, 0.3) is 0 Å². The van der Waals surface area contributed by atoms with Gasteiger partial charge in [0, 0.05) is 24.9 Å². The van der Waals surface area contributed by atoms with Gasteiger partial charge in [-0.15, -0.1) is 12.3 Å². The summed E-state index contributed by atoms with van der Waals surface area (Å²) < 4.78 is 0. The summed E-state index contributed by atoms with van der Waals surface area (Å²) in [7, 11) is 0. The largest absolute Gasteiger partial charge is 0.481 e. The highest BCUT2D eigenvalue weighted by atomic mass is 16.4. The second-order valence-electron chi connectivity index (χ2n) is 4.96. The number of carbonyl (C=O) groups excluding carboxylic acids is 1. The van der Waals surface area contributed by atoms with Crippen molar-refractivity contribution in [3.63, 3.8) is 0 Å². The average Bonchev–Trinajstić information content (AvgIpc) is 2.71. The van der Waals surface area contributed by atoms with Gasteiger partial charge in [0.15, 0.2) is 0 Å². The Morgan fingerprint density at radius 2 is 2.00 bits per heavy atom. The summed E-state index contributed by atoms with van der Waals surface area (Å²) in [6.07, 6.45) is 8.72. The lowest BCUT2D eigenvalue weighted by atomic mass is 9.85. The normalized spacial score (nSPS) is 33.5. The molecule has 2 rings (SSSR count). The molecular weight excluding hydrogens is 218 g/mol. The van der Waals surface area contributed by atoms with Crippen molar-refractivity contribution in [2.24, 2.45) is 11.8 Å². The fraction of sp³-hybridized carbons (Fsp3) is 0.692. The smallest absolute Gasteiger partial charge is 0.306 e. The van der Waals surface area contributed by atoms with E-state index in [4.69, 9.17) is 11.5 Å². The summed E-state index contributed by atoms with van der Waals surface area (Å²) in [5.41, 5.74) is 0. The molecule has 1 saturated carbocycles. The zero-order valence-electron chi connectivity index (χ0n) is 9.76. The molecule has 0 spiro atoms. The van der Waals surface area contributed by atoms with Gasteiger partial charge in [-0.25, -0.2) is 0 Å². The second kappa shape index (κ2) is 4.79.